The van der Waals surface area contributed by atoms with Crippen molar-refractivity contribution in [1.82, 2.24) is 24.6 Å². The molecule has 0 atom stereocenters. The molecule has 2 heterocycles. The van der Waals surface area contributed by atoms with Gasteiger partial charge < -0.3 is 9.88 Å². The lowest BCUT2D eigenvalue weighted by molar-refractivity contribution is -0.116. The van der Waals surface area contributed by atoms with Crippen LogP contribution in [0.4, 0.5) is 0 Å². The molecule has 6 nitrogen and oxygen atoms in total. The number of benzene rings is 2. The quantitative estimate of drug-likeness (QED) is 0.467. The Morgan fingerprint density at radius 3 is 2.48 bits per heavy atom. The molecule has 156 valence electrons. The van der Waals surface area contributed by atoms with E-state index in [9.17, 15) is 4.79 Å². The SMILES string of the molecule is Cc1nn(-c2ccccc2)c(C)c1/C=C/C(=O)NCc1ccc(Cn2ccnc2)cc1. The zero-order chi connectivity index (χ0) is 21.6. The average Bonchev–Trinajstić information content (AvgIpc) is 3.40. The molecule has 0 saturated carbocycles. The molecule has 1 N–H and O–H groups in total. The second kappa shape index (κ2) is 9.26. The monoisotopic (exact) mass is 411 g/mol. The second-order valence-electron chi connectivity index (χ2n) is 7.43. The van der Waals surface area contributed by atoms with E-state index in [1.165, 1.54) is 5.56 Å². The summed E-state index contributed by atoms with van der Waals surface area (Å²) in [5.41, 5.74) is 6.10. The van der Waals surface area contributed by atoms with E-state index in [2.05, 4.69) is 27.5 Å². The van der Waals surface area contributed by atoms with Crippen LogP contribution in [0.2, 0.25) is 0 Å². The first kappa shape index (κ1) is 20.3. The molecule has 31 heavy (non-hydrogen) atoms. The lowest BCUT2D eigenvalue weighted by Gasteiger charge is -2.06. The van der Waals surface area contributed by atoms with E-state index in [1.54, 1.807) is 18.6 Å². The fourth-order valence-corrected chi connectivity index (χ4v) is 3.48. The van der Waals surface area contributed by atoms with Crippen LogP contribution in [0.3, 0.4) is 0 Å². The molecular formula is C25H25N5O. The number of para-hydroxylation sites is 1. The molecule has 0 bridgehead atoms. The van der Waals surface area contributed by atoms with E-state index < -0.39 is 0 Å². The van der Waals surface area contributed by atoms with Crippen LogP contribution in [-0.2, 0) is 17.9 Å². The summed E-state index contributed by atoms with van der Waals surface area (Å²) in [4.78, 5) is 16.4. The summed E-state index contributed by atoms with van der Waals surface area (Å²) in [5, 5.41) is 7.56. The number of nitrogens with zero attached hydrogens (tertiary/aromatic N) is 4. The Morgan fingerprint density at radius 2 is 1.77 bits per heavy atom. The zero-order valence-corrected chi connectivity index (χ0v) is 17.7. The van der Waals surface area contributed by atoms with Crippen molar-refractivity contribution < 1.29 is 4.79 Å². The first-order valence-electron chi connectivity index (χ1n) is 10.2. The van der Waals surface area contributed by atoms with Gasteiger partial charge in [-0.3, -0.25) is 4.79 Å². The number of aromatic nitrogens is 4. The molecule has 0 fully saturated rings. The number of hydrogen-bond acceptors (Lipinski definition) is 3. The molecule has 6 heteroatoms. The molecule has 0 unspecified atom stereocenters. The van der Waals surface area contributed by atoms with Gasteiger partial charge in [0, 0.05) is 42.8 Å². The average molecular weight is 412 g/mol. The molecule has 0 aliphatic rings. The van der Waals surface area contributed by atoms with Gasteiger partial charge >= 0.3 is 0 Å². The highest BCUT2D eigenvalue weighted by molar-refractivity contribution is 5.92. The molecule has 4 rings (SSSR count). The molecule has 2 aromatic heterocycles. The normalized spacial score (nSPS) is 11.2. The highest BCUT2D eigenvalue weighted by Gasteiger charge is 2.10. The fraction of sp³-hybridized carbons (Fsp3) is 0.160. The Labute approximate surface area is 181 Å². The number of nitrogens with one attached hydrogen (secondary N) is 1. The van der Waals surface area contributed by atoms with Crippen LogP contribution in [-0.4, -0.2) is 25.2 Å². The van der Waals surface area contributed by atoms with Crippen molar-refractivity contribution in [2.24, 2.45) is 0 Å². The molecule has 1 amide bonds. The molecule has 0 aliphatic heterocycles. The maximum atomic E-state index is 12.3. The summed E-state index contributed by atoms with van der Waals surface area (Å²) in [7, 11) is 0. The molecule has 2 aromatic carbocycles. The van der Waals surface area contributed by atoms with Crippen molar-refractivity contribution in [3.05, 3.63) is 107 Å². The van der Waals surface area contributed by atoms with Gasteiger partial charge in [-0.1, -0.05) is 42.5 Å². The Kier molecular flexibility index (Phi) is 6.08. The number of carbonyl (C=O) groups is 1. The van der Waals surface area contributed by atoms with E-state index in [4.69, 9.17) is 0 Å². The predicted octanol–water partition coefficient (Wildman–Crippen LogP) is 4.06. The first-order valence-corrected chi connectivity index (χ1v) is 10.2. The standard InChI is InChI=1S/C25H25N5O/c1-19-24(20(2)30(28-19)23-6-4-3-5-7-23)12-13-25(31)27-16-21-8-10-22(11-9-21)17-29-15-14-26-18-29/h3-15,18H,16-17H2,1-2H3,(H,27,31)/b13-12+. The van der Waals surface area contributed by atoms with Crippen LogP contribution in [0.5, 0.6) is 0 Å². The third-order valence-corrected chi connectivity index (χ3v) is 5.16. The predicted molar refractivity (Wildman–Crippen MR) is 122 cm³/mol. The van der Waals surface area contributed by atoms with Crippen molar-refractivity contribution in [3.63, 3.8) is 0 Å². The summed E-state index contributed by atoms with van der Waals surface area (Å²) < 4.78 is 3.92. The van der Waals surface area contributed by atoms with E-state index in [0.29, 0.717) is 6.54 Å². The van der Waals surface area contributed by atoms with Crippen molar-refractivity contribution in [1.29, 1.82) is 0 Å². The van der Waals surface area contributed by atoms with Gasteiger partial charge in [-0.2, -0.15) is 5.10 Å². The van der Waals surface area contributed by atoms with Gasteiger partial charge in [0.2, 0.25) is 5.91 Å². The summed E-state index contributed by atoms with van der Waals surface area (Å²) >= 11 is 0. The first-order chi connectivity index (χ1) is 15.1. The Balaban J connectivity index is 1.35. The lowest BCUT2D eigenvalue weighted by Crippen LogP contribution is -2.20. The molecule has 0 aliphatic carbocycles. The highest BCUT2D eigenvalue weighted by Crippen LogP contribution is 2.19. The fourth-order valence-electron chi connectivity index (χ4n) is 3.48. The number of amides is 1. The number of aryl methyl sites for hydroxylation is 1. The van der Waals surface area contributed by atoms with Crippen LogP contribution < -0.4 is 5.32 Å². The Bertz CT molecular complexity index is 1170. The van der Waals surface area contributed by atoms with Crippen LogP contribution in [0.15, 0.2) is 79.4 Å². The minimum atomic E-state index is -0.131. The van der Waals surface area contributed by atoms with Crippen molar-refractivity contribution >= 4 is 12.0 Å². The Hall–Kier alpha value is -3.93. The van der Waals surface area contributed by atoms with E-state index >= 15 is 0 Å². The maximum absolute atomic E-state index is 12.3. The summed E-state index contributed by atoms with van der Waals surface area (Å²) in [6, 6.07) is 18.2. The summed E-state index contributed by atoms with van der Waals surface area (Å²) in [5.74, 6) is -0.131. The molecule has 0 saturated heterocycles. The topological polar surface area (TPSA) is 64.7 Å². The van der Waals surface area contributed by atoms with Gasteiger partial charge in [0.25, 0.3) is 0 Å². The maximum Gasteiger partial charge on any atom is 0.244 e. The minimum absolute atomic E-state index is 0.131. The van der Waals surface area contributed by atoms with Gasteiger partial charge in [0.15, 0.2) is 0 Å². The summed E-state index contributed by atoms with van der Waals surface area (Å²) in [6.45, 7) is 5.23. The van der Waals surface area contributed by atoms with Crippen LogP contribution in [0, 0.1) is 13.8 Å². The van der Waals surface area contributed by atoms with Gasteiger partial charge in [-0.15, -0.1) is 0 Å². The van der Waals surface area contributed by atoms with Crippen molar-refractivity contribution in [2.75, 3.05) is 0 Å². The van der Waals surface area contributed by atoms with Gasteiger partial charge in [-0.05, 0) is 43.2 Å². The van der Waals surface area contributed by atoms with Crippen LogP contribution in [0.1, 0.15) is 28.1 Å². The second-order valence-corrected chi connectivity index (χ2v) is 7.43. The highest BCUT2D eigenvalue weighted by atomic mass is 16.1. The molecular weight excluding hydrogens is 386 g/mol. The number of imidazole rings is 1. The van der Waals surface area contributed by atoms with E-state index in [0.717, 1.165) is 34.7 Å². The molecule has 4 aromatic rings. The van der Waals surface area contributed by atoms with Gasteiger partial charge in [0.1, 0.15) is 0 Å². The lowest BCUT2D eigenvalue weighted by atomic mass is 10.1. The van der Waals surface area contributed by atoms with Gasteiger partial charge in [0.05, 0.1) is 17.7 Å². The van der Waals surface area contributed by atoms with Crippen LogP contribution >= 0.6 is 0 Å². The van der Waals surface area contributed by atoms with E-state index in [1.807, 2.05) is 77.8 Å². The third-order valence-electron chi connectivity index (χ3n) is 5.16. The van der Waals surface area contributed by atoms with Crippen molar-refractivity contribution in [2.45, 2.75) is 26.9 Å². The molecule has 0 spiro atoms. The van der Waals surface area contributed by atoms with Crippen molar-refractivity contribution in [3.8, 4) is 5.69 Å². The number of carbonyl (C=O) groups excluding carboxylic acids is 1. The summed E-state index contributed by atoms with van der Waals surface area (Å²) in [6.07, 6.45) is 8.91. The smallest absolute Gasteiger partial charge is 0.244 e. The minimum Gasteiger partial charge on any atom is -0.348 e. The largest absolute Gasteiger partial charge is 0.348 e. The van der Waals surface area contributed by atoms with E-state index in [-0.39, 0.29) is 5.91 Å². The van der Waals surface area contributed by atoms with Crippen LogP contribution in [0.25, 0.3) is 11.8 Å². The number of hydrogen-bond donors (Lipinski definition) is 1. The Morgan fingerprint density at radius 1 is 1.03 bits per heavy atom. The van der Waals surface area contributed by atoms with Gasteiger partial charge in [-0.25, -0.2) is 9.67 Å². The number of rotatable bonds is 7. The third kappa shape index (κ3) is 4.98. The zero-order valence-electron chi connectivity index (χ0n) is 17.7. The molecule has 0 radical (unpaired) electrons.